The van der Waals surface area contributed by atoms with Gasteiger partial charge in [0.15, 0.2) is 5.78 Å². The summed E-state index contributed by atoms with van der Waals surface area (Å²) in [5.41, 5.74) is 9.52. The van der Waals surface area contributed by atoms with Gasteiger partial charge in [0.1, 0.15) is 5.75 Å². The molecule has 3 rings (SSSR count). The van der Waals surface area contributed by atoms with Crippen molar-refractivity contribution >= 4 is 22.8 Å². The molecule has 0 aliphatic carbocycles. The SMILES string of the molecule is CCOc1ccc(Nc2ccc(C(=O)c3ccccc3)cc2N)cc1. The summed E-state index contributed by atoms with van der Waals surface area (Å²) in [5, 5.41) is 3.26. The van der Waals surface area contributed by atoms with Gasteiger partial charge < -0.3 is 15.8 Å². The lowest BCUT2D eigenvalue weighted by Crippen LogP contribution is -2.03. The molecule has 0 spiro atoms. The lowest BCUT2D eigenvalue weighted by Gasteiger charge is -2.11. The Labute approximate surface area is 147 Å². The zero-order valence-electron chi connectivity index (χ0n) is 14.0. The van der Waals surface area contributed by atoms with E-state index in [2.05, 4.69) is 5.32 Å². The number of hydrogen-bond acceptors (Lipinski definition) is 4. The lowest BCUT2D eigenvalue weighted by atomic mass is 10.0. The molecule has 0 fully saturated rings. The molecular weight excluding hydrogens is 312 g/mol. The highest BCUT2D eigenvalue weighted by atomic mass is 16.5. The molecule has 25 heavy (non-hydrogen) atoms. The summed E-state index contributed by atoms with van der Waals surface area (Å²) in [5.74, 6) is 0.782. The molecule has 0 heterocycles. The van der Waals surface area contributed by atoms with Crippen LogP contribution in [-0.4, -0.2) is 12.4 Å². The van der Waals surface area contributed by atoms with Crippen molar-refractivity contribution in [2.24, 2.45) is 0 Å². The van der Waals surface area contributed by atoms with Gasteiger partial charge in [-0.1, -0.05) is 30.3 Å². The van der Waals surface area contributed by atoms with E-state index in [1.165, 1.54) is 0 Å². The molecule has 0 atom stereocenters. The van der Waals surface area contributed by atoms with Crippen LogP contribution in [0.4, 0.5) is 17.1 Å². The van der Waals surface area contributed by atoms with Gasteiger partial charge in [0.25, 0.3) is 0 Å². The molecule has 0 saturated carbocycles. The number of nitrogens with two attached hydrogens (primary N) is 1. The van der Waals surface area contributed by atoms with Crippen LogP contribution in [0.1, 0.15) is 22.8 Å². The predicted octanol–water partition coefficient (Wildman–Crippen LogP) is 4.64. The monoisotopic (exact) mass is 332 g/mol. The smallest absolute Gasteiger partial charge is 0.193 e. The second-order valence-electron chi connectivity index (χ2n) is 5.58. The van der Waals surface area contributed by atoms with Crippen LogP contribution in [0.2, 0.25) is 0 Å². The first-order valence-electron chi connectivity index (χ1n) is 8.16. The average molecular weight is 332 g/mol. The maximum absolute atomic E-state index is 12.5. The van der Waals surface area contributed by atoms with Crippen molar-refractivity contribution in [1.29, 1.82) is 0 Å². The fourth-order valence-electron chi connectivity index (χ4n) is 2.53. The van der Waals surface area contributed by atoms with E-state index in [0.29, 0.717) is 23.4 Å². The molecule has 0 aliphatic rings. The summed E-state index contributed by atoms with van der Waals surface area (Å²) in [6, 6.07) is 22.1. The number of nitrogen functional groups attached to an aromatic ring is 1. The molecule has 3 aromatic carbocycles. The van der Waals surface area contributed by atoms with E-state index < -0.39 is 0 Å². The molecule has 4 heteroatoms. The Morgan fingerprint density at radius 1 is 0.960 bits per heavy atom. The van der Waals surface area contributed by atoms with Crippen LogP contribution in [0.3, 0.4) is 0 Å². The molecule has 0 unspecified atom stereocenters. The van der Waals surface area contributed by atoms with Crippen LogP contribution in [0.5, 0.6) is 5.75 Å². The minimum absolute atomic E-state index is 0.0417. The fourth-order valence-corrected chi connectivity index (χ4v) is 2.53. The summed E-state index contributed by atoms with van der Waals surface area (Å²) in [6.45, 7) is 2.59. The zero-order valence-corrected chi connectivity index (χ0v) is 14.0. The number of hydrogen-bond donors (Lipinski definition) is 2. The number of rotatable bonds is 6. The van der Waals surface area contributed by atoms with Gasteiger partial charge in [-0.25, -0.2) is 0 Å². The van der Waals surface area contributed by atoms with Gasteiger partial charge in [0, 0.05) is 16.8 Å². The van der Waals surface area contributed by atoms with Crippen LogP contribution in [0, 0.1) is 0 Å². The Hall–Kier alpha value is -3.27. The standard InChI is InChI=1S/C21H20N2O2/c1-2-25-18-11-9-17(10-12-18)23-20-13-8-16(14-19(20)22)21(24)15-6-4-3-5-7-15/h3-14,23H,2,22H2,1H3. The van der Waals surface area contributed by atoms with Gasteiger partial charge in [-0.3, -0.25) is 4.79 Å². The Balaban J connectivity index is 1.77. The number of carbonyl (C=O) groups is 1. The predicted molar refractivity (Wildman–Crippen MR) is 102 cm³/mol. The molecule has 0 amide bonds. The van der Waals surface area contributed by atoms with E-state index in [1.807, 2.05) is 55.5 Å². The molecule has 3 aromatic rings. The first-order valence-corrected chi connectivity index (χ1v) is 8.16. The van der Waals surface area contributed by atoms with Crippen LogP contribution in [0.15, 0.2) is 72.8 Å². The molecule has 3 N–H and O–H groups in total. The molecule has 4 nitrogen and oxygen atoms in total. The van der Waals surface area contributed by atoms with E-state index in [9.17, 15) is 4.79 Å². The minimum atomic E-state index is -0.0417. The number of ketones is 1. The number of nitrogens with one attached hydrogen (secondary N) is 1. The number of carbonyl (C=O) groups excluding carboxylic acids is 1. The molecule has 0 aromatic heterocycles. The van der Waals surface area contributed by atoms with E-state index in [4.69, 9.17) is 10.5 Å². The third-order valence-electron chi connectivity index (χ3n) is 3.79. The van der Waals surface area contributed by atoms with E-state index >= 15 is 0 Å². The molecule has 126 valence electrons. The highest BCUT2D eigenvalue weighted by Crippen LogP contribution is 2.26. The topological polar surface area (TPSA) is 64.3 Å². The number of benzene rings is 3. The normalized spacial score (nSPS) is 10.3. The van der Waals surface area contributed by atoms with Gasteiger partial charge >= 0.3 is 0 Å². The van der Waals surface area contributed by atoms with Crippen LogP contribution >= 0.6 is 0 Å². The second-order valence-corrected chi connectivity index (χ2v) is 5.58. The van der Waals surface area contributed by atoms with Crippen LogP contribution in [-0.2, 0) is 0 Å². The van der Waals surface area contributed by atoms with Crippen molar-refractivity contribution in [2.45, 2.75) is 6.92 Å². The van der Waals surface area contributed by atoms with Crippen LogP contribution in [0.25, 0.3) is 0 Å². The van der Waals surface area contributed by atoms with E-state index in [1.54, 1.807) is 24.3 Å². The summed E-state index contributed by atoms with van der Waals surface area (Å²) in [7, 11) is 0. The van der Waals surface area contributed by atoms with Gasteiger partial charge in [0.2, 0.25) is 0 Å². The Morgan fingerprint density at radius 3 is 2.32 bits per heavy atom. The fraction of sp³-hybridized carbons (Fsp3) is 0.0952. The third kappa shape index (κ3) is 3.98. The maximum Gasteiger partial charge on any atom is 0.193 e. The first-order chi connectivity index (χ1) is 12.2. The second kappa shape index (κ2) is 7.53. The summed E-state index contributed by atoms with van der Waals surface area (Å²) in [6.07, 6.45) is 0. The summed E-state index contributed by atoms with van der Waals surface area (Å²) in [4.78, 5) is 12.5. The Kier molecular flexibility index (Phi) is 5.00. The van der Waals surface area contributed by atoms with Crippen molar-refractivity contribution in [3.63, 3.8) is 0 Å². The van der Waals surface area contributed by atoms with Crippen molar-refractivity contribution in [3.8, 4) is 5.75 Å². The van der Waals surface area contributed by atoms with Gasteiger partial charge in [-0.2, -0.15) is 0 Å². The number of anilines is 3. The Morgan fingerprint density at radius 2 is 1.68 bits per heavy atom. The summed E-state index contributed by atoms with van der Waals surface area (Å²) < 4.78 is 5.43. The van der Waals surface area contributed by atoms with Crippen LogP contribution < -0.4 is 15.8 Å². The van der Waals surface area contributed by atoms with E-state index in [-0.39, 0.29) is 5.78 Å². The first kappa shape index (κ1) is 16.6. The largest absolute Gasteiger partial charge is 0.494 e. The van der Waals surface area contributed by atoms with Crippen molar-refractivity contribution in [1.82, 2.24) is 0 Å². The molecular formula is C21H20N2O2. The molecule has 0 radical (unpaired) electrons. The minimum Gasteiger partial charge on any atom is -0.494 e. The highest BCUT2D eigenvalue weighted by molar-refractivity contribution is 6.09. The van der Waals surface area contributed by atoms with Crippen molar-refractivity contribution in [3.05, 3.63) is 83.9 Å². The zero-order chi connectivity index (χ0) is 17.6. The molecule has 0 aliphatic heterocycles. The lowest BCUT2D eigenvalue weighted by molar-refractivity contribution is 0.103. The maximum atomic E-state index is 12.5. The highest BCUT2D eigenvalue weighted by Gasteiger charge is 2.10. The van der Waals surface area contributed by atoms with E-state index in [0.717, 1.165) is 17.1 Å². The Bertz CT molecular complexity index is 859. The van der Waals surface area contributed by atoms with Gasteiger partial charge in [-0.05, 0) is 49.4 Å². The quantitative estimate of drug-likeness (QED) is 0.510. The average Bonchev–Trinajstić information content (AvgIpc) is 2.65. The van der Waals surface area contributed by atoms with Crippen molar-refractivity contribution < 1.29 is 9.53 Å². The molecule has 0 bridgehead atoms. The van der Waals surface area contributed by atoms with Gasteiger partial charge in [-0.15, -0.1) is 0 Å². The van der Waals surface area contributed by atoms with Crippen molar-refractivity contribution in [2.75, 3.05) is 17.7 Å². The number of ether oxygens (including phenoxy) is 1. The summed E-state index contributed by atoms with van der Waals surface area (Å²) >= 11 is 0. The van der Waals surface area contributed by atoms with Gasteiger partial charge in [0.05, 0.1) is 18.0 Å². The third-order valence-corrected chi connectivity index (χ3v) is 3.79. The molecule has 0 saturated heterocycles.